The molecule has 10 nitrogen and oxygen atoms in total. The molecule has 0 radical (unpaired) electrons. The van der Waals surface area contributed by atoms with E-state index in [4.69, 9.17) is 14.2 Å². The zero-order valence-electron chi connectivity index (χ0n) is 25.8. The third-order valence-corrected chi connectivity index (χ3v) is 10.6. The summed E-state index contributed by atoms with van der Waals surface area (Å²) in [6.45, 7) is 3.08. The molecule has 0 bridgehead atoms. The molecule has 246 valence electrons. The standard InChI is InChI=1S/C34H40BrN3O7S/c1-43-30-11-13-31(14-12-30)46(41,42)38(19-21-39)20-22-44-33-24-28(27-7-9-29(35)10-8-27)23-32(45-33)34(40)37-17-15-36(16-18-37)25-26-5-3-2-4-6-26/h2-14,23,28,33,39H,15-22,24-25H2,1H3/t28-,33+/m0/s1. The van der Waals surface area contributed by atoms with Gasteiger partial charge in [-0.2, -0.15) is 4.31 Å². The summed E-state index contributed by atoms with van der Waals surface area (Å²) in [6, 6.07) is 24.3. The third kappa shape index (κ3) is 8.75. The molecule has 3 aromatic carbocycles. The number of halogens is 1. The summed E-state index contributed by atoms with van der Waals surface area (Å²) in [7, 11) is -2.39. The van der Waals surface area contributed by atoms with E-state index in [-0.39, 0.29) is 48.8 Å². The average Bonchev–Trinajstić information content (AvgIpc) is 3.08. The number of methoxy groups -OCH3 is 1. The molecule has 1 amide bonds. The lowest BCUT2D eigenvalue weighted by Gasteiger charge is -2.36. The molecule has 3 aromatic rings. The second kappa shape index (κ2) is 16.0. The Balaban J connectivity index is 1.24. The first-order chi connectivity index (χ1) is 22.3. The van der Waals surface area contributed by atoms with Gasteiger partial charge in [-0.25, -0.2) is 8.42 Å². The van der Waals surface area contributed by atoms with Crippen LogP contribution in [0.1, 0.15) is 23.5 Å². The summed E-state index contributed by atoms with van der Waals surface area (Å²) in [5.74, 6) is 0.456. The highest BCUT2D eigenvalue weighted by molar-refractivity contribution is 9.10. The monoisotopic (exact) mass is 713 g/mol. The number of carbonyl (C=O) groups is 1. The Kier molecular flexibility index (Phi) is 11.9. The summed E-state index contributed by atoms with van der Waals surface area (Å²) in [4.78, 5) is 18.0. The first kappa shape index (κ1) is 34.1. The number of carbonyl (C=O) groups excluding carboxylic acids is 1. The molecule has 2 heterocycles. The number of allylic oxidation sites excluding steroid dienone is 1. The topological polar surface area (TPSA) is 109 Å². The molecule has 46 heavy (non-hydrogen) atoms. The number of rotatable bonds is 13. The van der Waals surface area contributed by atoms with Gasteiger partial charge in [0.05, 0.1) is 25.2 Å². The van der Waals surface area contributed by atoms with Gasteiger partial charge in [0.15, 0.2) is 5.76 Å². The van der Waals surface area contributed by atoms with Gasteiger partial charge in [-0.15, -0.1) is 0 Å². The maximum atomic E-state index is 13.7. The van der Waals surface area contributed by atoms with Gasteiger partial charge in [-0.1, -0.05) is 58.4 Å². The van der Waals surface area contributed by atoms with E-state index in [1.54, 1.807) is 12.1 Å². The van der Waals surface area contributed by atoms with Crippen molar-refractivity contribution in [1.29, 1.82) is 0 Å². The van der Waals surface area contributed by atoms with E-state index in [0.717, 1.165) is 29.7 Å². The molecule has 0 spiro atoms. The molecular formula is C34H40BrN3O7S. The molecule has 1 saturated heterocycles. The molecule has 0 saturated carbocycles. The average molecular weight is 715 g/mol. The first-order valence-corrected chi connectivity index (χ1v) is 17.6. The van der Waals surface area contributed by atoms with E-state index in [0.29, 0.717) is 25.3 Å². The fraction of sp³-hybridized carbons (Fsp3) is 0.382. The number of hydrogen-bond acceptors (Lipinski definition) is 8. The second-order valence-corrected chi connectivity index (χ2v) is 14.1. The second-order valence-electron chi connectivity index (χ2n) is 11.2. The van der Waals surface area contributed by atoms with Crippen molar-refractivity contribution in [2.45, 2.75) is 30.1 Å². The number of hydrogen-bond donors (Lipinski definition) is 1. The molecule has 1 fully saturated rings. The van der Waals surface area contributed by atoms with Gasteiger partial charge < -0.3 is 24.2 Å². The van der Waals surface area contributed by atoms with Crippen LogP contribution in [0.4, 0.5) is 0 Å². The van der Waals surface area contributed by atoms with E-state index < -0.39 is 16.3 Å². The highest BCUT2D eigenvalue weighted by atomic mass is 79.9. The summed E-state index contributed by atoms with van der Waals surface area (Å²) < 4.78 is 46.2. The summed E-state index contributed by atoms with van der Waals surface area (Å²) in [6.07, 6.45) is 1.55. The van der Waals surface area contributed by atoms with Gasteiger partial charge in [-0.3, -0.25) is 9.69 Å². The molecule has 0 unspecified atom stereocenters. The van der Waals surface area contributed by atoms with Crippen molar-refractivity contribution in [2.24, 2.45) is 0 Å². The molecule has 2 aliphatic rings. The number of amides is 1. The van der Waals surface area contributed by atoms with Gasteiger partial charge in [0, 0.05) is 62.6 Å². The minimum atomic E-state index is -3.90. The van der Waals surface area contributed by atoms with Crippen LogP contribution in [0, 0.1) is 0 Å². The highest BCUT2D eigenvalue weighted by Gasteiger charge is 2.33. The molecule has 12 heteroatoms. The number of sulfonamides is 1. The Morgan fingerprint density at radius 3 is 2.33 bits per heavy atom. The van der Waals surface area contributed by atoms with Crippen LogP contribution in [-0.4, -0.2) is 99.4 Å². The Bertz CT molecular complexity index is 1560. The molecule has 2 atom stereocenters. The Hall–Kier alpha value is -3.26. The number of aliphatic hydroxyl groups excluding tert-OH is 1. The van der Waals surface area contributed by atoms with E-state index in [1.807, 2.05) is 53.4 Å². The van der Waals surface area contributed by atoms with Crippen LogP contribution < -0.4 is 4.74 Å². The van der Waals surface area contributed by atoms with Crippen molar-refractivity contribution < 1.29 is 32.5 Å². The maximum absolute atomic E-state index is 13.7. The zero-order chi connectivity index (χ0) is 32.5. The van der Waals surface area contributed by atoms with Crippen LogP contribution in [0.5, 0.6) is 5.75 Å². The lowest BCUT2D eigenvalue weighted by atomic mass is 9.93. The smallest absolute Gasteiger partial charge is 0.288 e. The molecular weight excluding hydrogens is 674 g/mol. The van der Waals surface area contributed by atoms with Crippen LogP contribution in [0.25, 0.3) is 0 Å². The number of aliphatic hydroxyl groups is 1. The number of piperazine rings is 1. The number of ether oxygens (including phenoxy) is 3. The fourth-order valence-electron chi connectivity index (χ4n) is 5.61. The lowest BCUT2D eigenvalue weighted by molar-refractivity contribution is -0.154. The van der Waals surface area contributed by atoms with Crippen LogP contribution in [0.3, 0.4) is 0 Å². The lowest BCUT2D eigenvalue weighted by Crippen LogP contribution is -2.49. The van der Waals surface area contributed by atoms with Crippen LogP contribution in [0.2, 0.25) is 0 Å². The van der Waals surface area contributed by atoms with Crippen molar-refractivity contribution in [3.8, 4) is 5.75 Å². The van der Waals surface area contributed by atoms with E-state index in [2.05, 4.69) is 33.0 Å². The molecule has 5 rings (SSSR count). The van der Waals surface area contributed by atoms with Gasteiger partial charge in [0.1, 0.15) is 5.75 Å². The van der Waals surface area contributed by atoms with Gasteiger partial charge >= 0.3 is 0 Å². The van der Waals surface area contributed by atoms with Gasteiger partial charge in [0.2, 0.25) is 16.3 Å². The molecule has 0 aliphatic carbocycles. The predicted molar refractivity (Wildman–Crippen MR) is 178 cm³/mol. The molecule has 0 aromatic heterocycles. The van der Waals surface area contributed by atoms with E-state index in [1.165, 1.54) is 29.1 Å². The summed E-state index contributed by atoms with van der Waals surface area (Å²) in [5.41, 5.74) is 2.26. The number of nitrogens with zero attached hydrogens (tertiary/aromatic N) is 3. The Labute approximate surface area is 279 Å². The maximum Gasteiger partial charge on any atom is 0.288 e. The van der Waals surface area contributed by atoms with Crippen molar-refractivity contribution in [2.75, 3.05) is 59.6 Å². The molecule has 1 N–H and O–H groups in total. The van der Waals surface area contributed by atoms with Crippen LogP contribution >= 0.6 is 15.9 Å². The predicted octanol–water partition coefficient (Wildman–Crippen LogP) is 4.22. The number of benzene rings is 3. The minimum absolute atomic E-state index is 0.00585. The SMILES string of the molecule is COc1ccc(S(=O)(=O)N(CCO)CCO[C@H]2C[C@@H](c3ccc(Br)cc3)C=C(C(=O)N3CCN(Cc4ccccc4)CC3)O2)cc1. The van der Waals surface area contributed by atoms with Crippen LogP contribution in [0.15, 0.2) is 100 Å². The quantitative estimate of drug-likeness (QED) is 0.281. The Morgan fingerprint density at radius 1 is 0.978 bits per heavy atom. The first-order valence-electron chi connectivity index (χ1n) is 15.3. The summed E-state index contributed by atoms with van der Waals surface area (Å²) in [5, 5.41) is 9.62. The van der Waals surface area contributed by atoms with Crippen molar-refractivity contribution in [1.82, 2.24) is 14.1 Å². The van der Waals surface area contributed by atoms with E-state index in [9.17, 15) is 18.3 Å². The summed E-state index contributed by atoms with van der Waals surface area (Å²) >= 11 is 3.49. The fourth-order valence-corrected chi connectivity index (χ4v) is 7.29. The third-order valence-electron chi connectivity index (χ3n) is 8.17. The normalized spacial score (nSPS) is 19.0. The van der Waals surface area contributed by atoms with E-state index >= 15 is 0 Å². The minimum Gasteiger partial charge on any atom is -0.497 e. The van der Waals surface area contributed by atoms with Crippen molar-refractivity contribution in [3.05, 3.63) is 106 Å². The van der Waals surface area contributed by atoms with Crippen molar-refractivity contribution >= 4 is 31.9 Å². The van der Waals surface area contributed by atoms with Crippen molar-refractivity contribution in [3.63, 3.8) is 0 Å². The Morgan fingerprint density at radius 2 is 1.67 bits per heavy atom. The highest BCUT2D eigenvalue weighted by Crippen LogP contribution is 2.33. The van der Waals surface area contributed by atoms with Gasteiger partial charge in [-0.05, 0) is 53.6 Å². The molecule has 2 aliphatic heterocycles. The van der Waals surface area contributed by atoms with Gasteiger partial charge in [0.25, 0.3) is 5.91 Å². The van der Waals surface area contributed by atoms with Crippen LogP contribution in [-0.2, 0) is 30.8 Å². The largest absolute Gasteiger partial charge is 0.497 e. The zero-order valence-corrected chi connectivity index (χ0v) is 28.2.